The number of hydrazine groups is 1. The van der Waals surface area contributed by atoms with Gasteiger partial charge in [0.15, 0.2) is 0 Å². The van der Waals surface area contributed by atoms with Crippen LogP contribution in [0.15, 0.2) is 60.8 Å². The Balaban J connectivity index is 1.62. The zero-order valence-electron chi connectivity index (χ0n) is 25.4. The first-order chi connectivity index (χ1) is 20.0. The lowest BCUT2D eigenvalue weighted by Gasteiger charge is -2.43. The molecule has 0 spiro atoms. The van der Waals surface area contributed by atoms with Crippen molar-refractivity contribution in [2.24, 2.45) is 11.1 Å². The van der Waals surface area contributed by atoms with Crippen LogP contribution >= 0.6 is 0 Å². The van der Waals surface area contributed by atoms with Crippen molar-refractivity contribution in [3.8, 4) is 0 Å². The van der Waals surface area contributed by atoms with Crippen LogP contribution in [0.2, 0.25) is 0 Å². The van der Waals surface area contributed by atoms with Crippen LogP contribution in [0.3, 0.4) is 0 Å². The second kappa shape index (κ2) is 13.5. The number of fused-ring (bicyclic) bond motifs is 1. The largest absolute Gasteiger partial charge is 0.361 e. The van der Waals surface area contributed by atoms with E-state index in [4.69, 9.17) is 5.73 Å². The van der Waals surface area contributed by atoms with E-state index in [0.29, 0.717) is 32.2 Å². The molecule has 1 fully saturated rings. The molecule has 0 bridgehead atoms. The van der Waals surface area contributed by atoms with Crippen LogP contribution in [0.5, 0.6) is 0 Å². The number of H-pyrrole nitrogens is 1. The Hall–Kier alpha value is -3.69. The highest BCUT2D eigenvalue weighted by molar-refractivity contribution is 5.93. The molecule has 3 aromatic rings. The van der Waals surface area contributed by atoms with Crippen molar-refractivity contribution < 1.29 is 14.4 Å². The third-order valence-electron chi connectivity index (χ3n) is 8.18. The molecule has 9 heteroatoms. The SMILES string of the molecule is CCCCN(C)NC(=O)C1(Cc2ccccc2)CCCN(C(=O)[C@@H](Cc2c[nH]c3ccccc23)NC(=O)C(C)(C)N)C1. The van der Waals surface area contributed by atoms with Crippen LogP contribution in [0.1, 0.15) is 57.6 Å². The van der Waals surface area contributed by atoms with E-state index in [1.165, 1.54) is 0 Å². The summed E-state index contributed by atoms with van der Waals surface area (Å²) in [7, 11) is 1.89. The van der Waals surface area contributed by atoms with Gasteiger partial charge in [-0.25, -0.2) is 5.01 Å². The van der Waals surface area contributed by atoms with Crippen LogP contribution in [0.4, 0.5) is 0 Å². The fraction of sp³-hybridized carbons (Fsp3) is 0.485. The van der Waals surface area contributed by atoms with E-state index < -0.39 is 22.9 Å². The van der Waals surface area contributed by atoms with Gasteiger partial charge in [-0.15, -0.1) is 0 Å². The molecular formula is C33H46N6O3. The number of hydrogen-bond acceptors (Lipinski definition) is 5. The zero-order valence-corrected chi connectivity index (χ0v) is 25.4. The minimum absolute atomic E-state index is 0.0808. The first kappa shape index (κ1) is 31.3. The number of aromatic amines is 1. The molecule has 226 valence electrons. The van der Waals surface area contributed by atoms with E-state index in [0.717, 1.165) is 41.4 Å². The van der Waals surface area contributed by atoms with Gasteiger partial charge < -0.3 is 20.9 Å². The summed E-state index contributed by atoms with van der Waals surface area (Å²) in [5.74, 6) is -0.687. The summed E-state index contributed by atoms with van der Waals surface area (Å²) < 4.78 is 0. The minimum Gasteiger partial charge on any atom is -0.361 e. The van der Waals surface area contributed by atoms with Gasteiger partial charge in [0.05, 0.1) is 11.0 Å². The average molecular weight is 575 g/mol. The number of carbonyl (C=O) groups excluding carboxylic acids is 3. The molecule has 3 amide bonds. The summed E-state index contributed by atoms with van der Waals surface area (Å²) in [5, 5.41) is 5.79. The summed E-state index contributed by atoms with van der Waals surface area (Å²) in [6.45, 7) is 6.90. The predicted octanol–water partition coefficient (Wildman–Crippen LogP) is 3.55. The Morgan fingerprint density at radius 2 is 1.83 bits per heavy atom. The monoisotopic (exact) mass is 574 g/mol. The second-order valence-corrected chi connectivity index (χ2v) is 12.3. The Bertz CT molecular complexity index is 1360. The molecule has 1 aromatic heterocycles. The number of nitrogens with two attached hydrogens (primary N) is 1. The topological polar surface area (TPSA) is 124 Å². The smallest absolute Gasteiger partial charge is 0.245 e. The van der Waals surface area contributed by atoms with Crippen LogP contribution in [-0.2, 0) is 27.2 Å². The Kier molecular flexibility index (Phi) is 10.1. The highest BCUT2D eigenvalue weighted by Crippen LogP contribution is 2.35. The van der Waals surface area contributed by atoms with Gasteiger partial charge >= 0.3 is 0 Å². The van der Waals surface area contributed by atoms with E-state index in [1.54, 1.807) is 18.7 Å². The average Bonchev–Trinajstić information content (AvgIpc) is 3.38. The lowest BCUT2D eigenvalue weighted by Crippen LogP contribution is -2.61. The summed E-state index contributed by atoms with van der Waals surface area (Å²) in [6.07, 6.45) is 6.05. The highest BCUT2D eigenvalue weighted by Gasteiger charge is 2.45. The number of para-hydroxylation sites is 1. The van der Waals surface area contributed by atoms with Crippen LogP contribution in [0, 0.1) is 5.41 Å². The number of carbonyl (C=O) groups is 3. The van der Waals surface area contributed by atoms with E-state index in [9.17, 15) is 14.4 Å². The molecule has 1 unspecified atom stereocenters. The molecule has 4 rings (SSSR count). The predicted molar refractivity (Wildman–Crippen MR) is 166 cm³/mol. The molecule has 42 heavy (non-hydrogen) atoms. The first-order valence-electron chi connectivity index (χ1n) is 15.0. The Morgan fingerprint density at radius 1 is 1.12 bits per heavy atom. The number of nitrogens with one attached hydrogen (secondary N) is 3. The van der Waals surface area contributed by atoms with Crippen molar-refractivity contribution in [2.75, 3.05) is 26.7 Å². The van der Waals surface area contributed by atoms with Crippen molar-refractivity contribution in [1.82, 2.24) is 25.6 Å². The number of benzene rings is 2. The molecule has 2 atom stereocenters. The number of rotatable bonds is 12. The number of aromatic nitrogens is 1. The number of likely N-dealkylation sites (tertiary alicyclic amines) is 1. The quantitative estimate of drug-likeness (QED) is 0.247. The van der Waals surface area contributed by atoms with Crippen LogP contribution < -0.4 is 16.5 Å². The summed E-state index contributed by atoms with van der Waals surface area (Å²) in [5.41, 5.74) is 10.2. The standard InChI is InChI=1S/C33H46N6O3/c1-5-6-18-38(4)37-31(42)33(21-24-13-8-7-9-14-24)17-12-19-39(23-33)29(40)28(36-30(41)32(2,3)34)20-25-22-35-27-16-11-10-15-26(25)27/h7-11,13-16,22,28,35H,5-6,12,17-21,23,34H2,1-4H3,(H,36,41)(H,37,42)/t28-,33?/m1/s1. The number of piperidine rings is 1. The third-order valence-corrected chi connectivity index (χ3v) is 8.18. The molecule has 2 heterocycles. The van der Waals surface area contributed by atoms with Gasteiger partial charge in [0.1, 0.15) is 6.04 Å². The molecule has 0 aliphatic carbocycles. The summed E-state index contributed by atoms with van der Waals surface area (Å²) >= 11 is 0. The fourth-order valence-corrected chi connectivity index (χ4v) is 5.74. The number of nitrogens with zero attached hydrogens (tertiary/aromatic N) is 2. The second-order valence-electron chi connectivity index (χ2n) is 12.3. The van der Waals surface area contributed by atoms with Gasteiger partial charge in [-0.05, 0) is 56.7 Å². The van der Waals surface area contributed by atoms with E-state index in [1.807, 2.05) is 72.9 Å². The van der Waals surface area contributed by atoms with Gasteiger partial charge in [-0.3, -0.25) is 19.8 Å². The van der Waals surface area contributed by atoms with Crippen molar-refractivity contribution in [3.63, 3.8) is 0 Å². The van der Waals surface area contributed by atoms with Crippen LogP contribution in [0.25, 0.3) is 10.9 Å². The summed E-state index contributed by atoms with van der Waals surface area (Å²) in [6, 6.07) is 17.0. The third kappa shape index (κ3) is 7.57. The van der Waals surface area contributed by atoms with E-state index in [2.05, 4.69) is 22.7 Å². The van der Waals surface area contributed by atoms with Crippen molar-refractivity contribution in [2.45, 2.75) is 70.9 Å². The van der Waals surface area contributed by atoms with Crippen LogP contribution in [-0.4, -0.2) is 70.9 Å². The van der Waals surface area contributed by atoms with E-state index >= 15 is 0 Å². The molecule has 0 saturated carbocycles. The number of hydrogen-bond donors (Lipinski definition) is 4. The van der Waals surface area contributed by atoms with Gasteiger partial charge in [0.2, 0.25) is 17.7 Å². The van der Waals surface area contributed by atoms with Gasteiger partial charge in [-0.1, -0.05) is 61.9 Å². The zero-order chi connectivity index (χ0) is 30.3. The van der Waals surface area contributed by atoms with Gasteiger partial charge in [0.25, 0.3) is 0 Å². The van der Waals surface area contributed by atoms with Gasteiger partial charge in [-0.2, -0.15) is 0 Å². The molecule has 5 N–H and O–H groups in total. The van der Waals surface area contributed by atoms with Crippen molar-refractivity contribution >= 4 is 28.6 Å². The number of unbranched alkanes of at least 4 members (excludes halogenated alkanes) is 1. The fourth-order valence-electron chi connectivity index (χ4n) is 5.74. The molecule has 0 radical (unpaired) electrons. The highest BCUT2D eigenvalue weighted by atomic mass is 16.2. The lowest BCUT2D eigenvalue weighted by molar-refractivity contribution is -0.146. The molecule has 1 aliphatic heterocycles. The molecule has 9 nitrogen and oxygen atoms in total. The maximum absolute atomic E-state index is 14.3. The number of amides is 3. The minimum atomic E-state index is -1.15. The van der Waals surface area contributed by atoms with E-state index in [-0.39, 0.29) is 18.4 Å². The Labute approximate surface area is 249 Å². The molecule has 2 aromatic carbocycles. The molecule has 1 saturated heterocycles. The Morgan fingerprint density at radius 3 is 2.55 bits per heavy atom. The normalized spacial score (nSPS) is 18.2. The first-order valence-corrected chi connectivity index (χ1v) is 15.0. The van der Waals surface area contributed by atoms with Crippen molar-refractivity contribution in [1.29, 1.82) is 0 Å². The van der Waals surface area contributed by atoms with Gasteiger partial charge in [0, 0.05) is 50.2 Å². The lowest BCUT2D eigenvalue weighted by atomic mass is 9.74. The summed E-state index contributed by atoms with van der Waals surface area (Å²) in [4.78, 5) is 46.3. The molecule has 1 aliphatic rings. The molecular weight excluding hydrogens is 528 g/mol. The van der Waals surface area contributed by atoms with Crippen molar-refractivity contribution in [3.05, 3.63) is 71.9 Å². The maximum Gasteiger partial charge on any atom is 0.245 e. The maximum atomic E-state index is 14.3.